The second-order valence-corrected chi connectivity index (χ2v) is 11.8. The Morgan fingerprint density at radius 3 is 2.62 bits per heavy atom. The SMILES string of the molecule is CNCC[C@H]1O[C@@H](n2cnc3c(NC(=O)c4ccccc4)ncnc32)[C@@H](O)C1OP(OCCC#N)N(C(C)C)C(C)C. The number of carbonyl (C=O) groups excluding carboxylic acids is 1. The maximum absolute atomic E-state index is 12.8. The summed E-state index contributed by atoms with van der Waals surface area (Å²) in [5.74, 6) is -0.0777. The number of imidazole rings is 1. The zero-order valence-corrected chi connectivity index (χ0v) is 25.4. The number of hydrogen-bond acceptors (Lipinski definition) is 11. The molecule has 1 aliphatic heterocycles. The van der Waals surface area contributed by atoms with Crippen molar-refractivity contribution in [3.05, 3.63) is 48.5 Å². The quantitative estimate of drug-likeness (QED) is 0.184. The van der Waals surface area contributed by atoms with Crippen LogP contribution in [0, 0.1) is 11.3 Å². The highest BCUT2D eigenvalue weighted by atomic mass is 31.2. The Morgan fingerprint density at radius 2 is 1.95 bits per heavy atom. The second-order valence-electron chi connectivity index (χ2n) is 10.4. The minimum atomic E-state index is -1.62. The molecule has 4 rings (SSSR count). The van der Waals surface area contributed by atoms with E-state index in [0.717, 1.165) is 0 Å². The fraction of sp³-hybridized carbons (Fsp3) is 0.536. The molecule has 3 N–H and O–H groups in total. The minimum Gasteiger partial charge on any atom is -0.386 e. The van der Waals surface area contributed by atoms with Gasteiger partial charge in [-0.2, -0.15) is 5.26 Å². The van der Waals surface area contributed by atoms with Crippen LogP contribution in [0.5, 0.6) is 0 Å². The molecule has 0 bridgehead atoms. The number of anilines is 1. The first kappa shape index (κ1) is 31.8. The molecule has 1 saturated heterocycles. The van der Waals surface area contributed by atoms with Gasteiger partial charge in [-0.25, -0.2) is 19.6 Å². The van der Waals surface area contributed by atoms with E-state index in [0.29, 0.717) is 29.7 Å². The minimum absolute atomic E-state index is 0.100. The molecule has 2 aromatic heterocycles. The van der Waals surface area contributed by atoms with Gasteiger partial charge in [0.05, 0.1) is 31.5 Å². The van der Waals surface area contributed by atoms with Crippen LogP contribution in [0.1, 0.15) is 57.1 Å². The smallest absolute Gasteiger partial charge is 0.259 e. The fourth-order valence-electron chi connectivity index (χ4n) is 4.90. The van der Waals surface area contributed by atoms with Crippen molar-refractivity contribution in [2.75, 3.05) is 25.5 Å². The lowest BCUT2D eigenvalue weighted by Gasteiger charge is -2.37. The third-order valence-electron chi connectivity index (χ3n) is 6.76. The van der Waals surface area contributed by atoms with Crippen LogP contribution < -0.4 is 10.6 Å². The standard InChI is InChI=1S/C28H39N8O5P/c1-18(2)36(19(3)4)42(39-15-9-13-29)41-24-21(12-14-30-5)40-28(23(24)37)35-17-33-22-25(31-16-32-26(22)35)34-27(38)20-10-7-6-8-11-20/h6-8,10-11,16-19,21,23-24,28,30,37H,9,12,14-15H2,1-5H3,(H,31,32,34,38)/t21-,23+,24?,28-,42?/m1/s1. The third kappa shape index (κ3) is 7.27. The molecule has 1 aliphatic rings. The largest absolute Gasteiger partial charge is 0.386 e. The van der Waals surface area contributed by atoms with Crippen LogP contribution in [0.15, 0.2) is 43.0 Å². The Kier molecular flexibility index (Phi) is 11.3. The highest BCUT2D eigenvalue weighted by Crippen LogP contribution is 2.50. The number of hydrogen-bond donors (Lipinski definition) is 3. The Bertz CT molecular complexity index is 1340. The van der Waals surface area contributed by atoms with Gasteiger partial charge < -0.3 is 29.5 Å². The van der Waals surface area contributed by atoms with Gasteiger partial charge in [0.25, 0.3) is 14.4 Å². The predicted octanol–water partition coefficient (Wildman–Crippen LogP) is 3.61. The number of nitrogens with one attached hydrogen (secondary N) is 2. The summed E-state index contributed by atoms with van der Waals surface area (Å²) < 4.78 is 22.8. The molecule has 42 heavy (non-hydrogen) atoms. The topological polar surface area (TPSA) is 160 Å². The van der Waals surface area contributed by atoms with Crippen molar-refractivity contribution in [2.24, 2.45) is 0 Å². The fourth-order valence-corrected chi connectivity index (χ4v) is 6.67. The number of carbonyl (C=O) groups is 1. The van der Waals surface area contributed by atoms with Crippen LogP contribution >= 0.6 is 8.53 Å². The number of fused-ring (bicyclic) bond motifs is 1. The van der Waals surface area contributed by atoms with Gasteiger partial charge in [0, 0.05) is 17.6 Å². The summed E-state index contributed by atoms with van der Waals surface area (Å²) in [6.07, 6.45) is 0.492. The average Bonchev–Trinajstić information content (AvgIpc) is 3.53. The summed E-state index contributed by atoms with van der Waals surface area (Å²) in [6, 6.07) is 11.1. The highest BCUT2D eigenvalue weighted by molar-refractivity contribution is 7.44. The van der Waals surface area contributed by atoms with Crippen molar-refractivity contribution in [1.29, 1.82) is 5.26 Å². The van der Waals surface area contributed by atoms with E-state index >= 15 is 0 Å². The molecule has 0 spiro atoms. The molecule has 1 amide bonds. The van der Waals surface area contributed by atoms with Crippen molar-refractivity contribution < 1.29 is 23.7 Å². The van der Waals surface area contributed by atoms with Crippen LogP contribution in [-0.4, -0.2) is 85.8 Å². The summed E-state index contributed by atoms with van der Waals surface area (Å²) in [5.41, 5.74) is 1.24. The van der Waals surface area contributed by atoms with Crippen LogP contribution in [0.3, 0.4) is 0 Å². The average molecular weight is 599 g/mol. The molecule has 5 atom stereocenters. The van der Waals surface area contributed by atoms with Crippen molar-refractivity contribution in [2.45, 2.75) is 77.2 Å². The second kappa shape index (κ2) is 14.9. The maximum Gasteiger partial charge on any atom is 0.259 e. The molecular weight excluding hydrogens is 559 g/mol. The molecule has 1 aromatic carbocycles. The molecule has 0 saturated carbocycles. The summed E-state index contributed by atoms with van der Waals surface area (Å²) in [6.45, 7) is 9.08. The van der Waals surface area contributed by atoms with Crippen LogP contribution in [0.25, 0.3) is 11.2 Å². The third-order valence-corrected chi connectivity index (χ3v) is 8.89. The van der Waals surface area contributed by atoms with E-state index in [-0.39, 0.29) is 36.8 Å². The van der Waals surface area contributed by atoms with E-state index in [4.69, 9.17) is 19.0 Å². The van der Waals surface area contributed by atoms with Crippen molar-refractivity contribution >= 4 is 31.4 Å². The number of benzene rings is 1. The molecule has 14 heteroatoms. The number of nitriles is 1. The lowest BCUT2D eigenvalue weighted by molar-refractivity contribution is -0.0365. The molecule has 2 unspecified atom stereocenters. The van der Waals surface area contributed by atoms with E-state index in [2.05, 4.69) is 64.0 Å². The summed E-state index contributed by atoms with van der Waals surface area (Å²) in [5, 5.41) is 26.6. The van der Waals surface area contributed by atoms with Gasteiger partial charge in [-0.05, 0) is 59.8 Å². The number of ether oxygens (including phenoxy) is 1. The Morgan fingerprint density at radius 1 is 1.21 bits per heavy atom. The molecule has 3 heterocycles. The number of aliphatic hydroxyl groups excluding tert-OH is 1. The molecule has 1 fully saturated rings. The Balaban J connectivity index is 1.62. The van der Waals surface area contributed by atoms with Crippen molar-refractivity contribution in [3.8, 4) is 6.07 Å². The van der Waals surface area contributed by atoms with Crippen LogP contribution in [0.2, 0.25) is 0 Å². The Labute approximate surface area is 247 Å². The van der Waals surface area contributed by atoms with Crippen LogP contribution in [-0.2, 0) is 13.8 Å². The summed E-state index contributed by atoms with van der Waals surface area (Å²) in [7, 11) is 0.230. The maximum atomic E-state index is 12.8. The predicted molar refractivity (Wildman–Crippen MR) is 158 cm³/mol. The van der Waals surface area contributed by atoms with Gasteiger partial charge >= 0.3 is 0 Å². The van der Waals surface area contributed by atoms with Crippen molar-refractivity contribution in [1.82, 2.24) is 29.5 Å². The van der Waals surface area contributed by atoms with Gasteiger partial charge in [-0.1, -0.05) is 18.2 Å². The van der Waals surface area contributed by atoms with E-state index < -0.39 is 33.1 Å². The van der Waals surface area contributed by atoms with Gasteiger partial charge in [0.1, 0.15) is 18.5 Å². The molecule has 3 aromatic rings. The summed E-state index contributed by atoms with van der Waals surface area (Å²) >= 11 is 0. The number of aliphatic hydroxyl groups is 1. The lowest BCUT2D eigenvalue weighted by Crippen LogP contribution is -2.39. The van der Waals surface area contributed by atoms with Crippen molar-refractivity contribution in [3.63, 3.8) is 0 Å². The Hall–Kier alpha value is -3.08. The summed E-state index contributed by atoms with van der Waals surface area (Å²) in [4.78, 5) is 25.9. The van der Waals surface area contributed by atoms with Crippen LogP contribution in [0.4, 0.5) is 5.82 Å². The van der Waals surface area contributed by atoms with Gasteiger partial charge in [-0.3, -0.25) is 9.36 Å². The molecular formula is C28H39N8O5P. The lowest BCUT2D eigenvalue weighted by atomic mass is 10.1. The number of rotatable bonds is 14. The van der Waals surface area contributed by atoms with Gasteiger partial charge in [0.15, 0.2) is 23.2 Å². The monoisotopic (exact) mass is 598 g/mol. The zero-order chi connectivity index (χ0) is 30.2. The first-order valence-corrected chi connectivity index (χ1v) is 15.2. The molecule has 226 valence electrons. The van der Waals surface area contributed by atoms with E-state index in [1.807, 2.05) is 13.1 Å². The highest BCUT2D eigenvalue weighted by Gasteiger charge is 2.48. The van der Waals surface area contributed by atoms with E-state index in [1.165, 1.54) is 12.7 Å². The normalized spacial score (nSPS) is 21.3. The van der Waals surface area contributed by atoms with Gasteiger partial charge in [0.2, 0.25) is 0 Å². The number of aromatic nitrogens is 4. The van der Waals surface area contributed by atoms with E-state index in [9.17, 15) is 9.90 Å². The zero-order valence-electron chi connectivity index (χ0n) is 24.5. The molecule has 0 radical (unpaired) electrons. The first-order chi connectivity index (χ1) is 20.3. The first-order valence-electron chi connectivity index (χ1n) is 14.0. The van der Waals surface area contributed by atoms with Gasteiger partial charge in [-0.15, -0.1) is 0 Å². The molecule has 13 nitrogen and oxygen atoms in total. The number of nitrogens with zero attached hydrogens (tertiary/aromatic N) is 6. The van der Waals surface area contributed by atoms with E-state index in [1.54, 1.807) is 28.8 Å². The molecule has 0 aliphatic carbocycles. The number of amides is 1.